The van der Waals surface area contributed by atoms with Crippen LogP contribution in [-0.2, 0) is 17.5 Å². The van der Waals surface area contributed by atoms with Crippen molar-refractivity contribution in [2.24, 2.45) is 5.92 Å². The van der Waals surface area contributed by atoms with Crippen LogP contribution in [0.25, 0.3) is 0 Å². The molecular formula is C16H21F3N2O. The Hall–Kier alpha value is -1.56. The van der Waals surface area contributed by atoms with E-state index in [0.29, 0.717) is 12.3 Å². The summed E-state index contributed by atoms with van der Waals surface area (Å²) in [5.74, 6) is 0.392. The van der Waals surface area contributed by atoms with E-state index in [1.165, 1.54) is 17.0 Å². The molecule has 1 saturated heterocycles. The lowest BCUT2D eigenvalue weighted by molar-refractivity contribution is -0.139. The van der Waals surface area contributed by atoms with E-state index in [1.807, 2.05) is 0 Å². The molecule has 1 fully saturated rings. The zero-order valence-electron chi connectivity index (χ0n) is 12.6. The Morgan fingerprint density at radius 1 is 1.36 bits per heavy atom. The van der Waals surface area contributed by atoms with Crippen LogP contribution in [0.5, 0.6) is 0 Å². The van der Waals surface area contributed by atoms with Crippen molar-refractivity contribution in [3.8, 4) is 0 Å². The van der Waals surface area contributed by atoms with Gasteiger partial charge in [-0.05, 0) is 43.5 Å². The molecule has 1 aromatic carbocycles. The van der Waals surface area contributed by atoms with E-state index in [2.05, 4.69) is 5.32 Å². The van der Waals surface area contributed by atoms with Crippen LogP contribution in [0.15, 0.2) is 24.3 Å². The van der Waals surface area contributed by atoms with Gasteiger partial charge in [0.1, 0.15) is 0 Å². The van der Waals surface area contributed by atoms with Gasteiger partial charge in [0.05, 0.1) is 5.56 Å². The Balaban J connectivity index is 1.93. The molecule has 1 amide bonds. The third-order valence-corrected chi connectivity index (χ3v) is 4.08. The highest BCUT2D eigenvalue weighted by Crippen LogP contribution is 2.32. The molecule has 3 nitrogen and oxygen atoms in total. The van der Waals surface area contributed by atoms with Crippen molar-refractivity contribution in [2.75, 3.05) is 20.1 Å². The first kappa shape index (κ1) is 16.8. The van der Waals surface area contributed by atoms with Gasteiger partial charge in [-0.1, -0.05) is 18.2 Å². The maximum atomic E-state index is 12.9. The second kappa shape index (κ2) is 7.13. The minimum atomic E-state index is -4.39. The molecule has 22 heavy (non-hydrogen) atoms. The molecule has 6 heteroatoms. The van der Waals surface area contributed by atoms with Crippen molar-refractivity contribution in [2.45, 2.75) is 32.0 Å². The van der Waals surface area contributed by atoms with E-state index in [9.17, 15) is 18.0 Å². The minimum Gasteiger partial charge on any atom is -0.341 e. The number of carbonyl (C=O) groups excluding carboxylic acids is 1. The van der Waals surface area contributed by atoms with Crippen molar-refractivity contribution >= 4 is 5.91 Å². The predicted molar refractivity (Wildman–Crippen MR) is 78.1 cm³/mol. The number of rotatable bonds is 5. The van der Waals surface area contributed by atoms with Gasteiger partial charge in [0.2, 0.25) is 5.91 Å². The molecule has 0 spiro atoms. The Bertz CT molecular complexity index is 510. The molecule has 0 aromatic heterocycles. The van der Waals surface area contributed by atoms with Crippen molar-refractivity contribution in [3.05, 3.63) is 35.4 Å². The Kier molecular flexibility index (Phi) is 5.45. The van der Waals surface area contributed by atoms with Crippen LogP contribution in [0.2, 0.25) is 0 Å². The summed E-state index contributed by atoms with van der Waals surface area (Å²) in [5, 5.41) is 3.24. The zero-order valence-corrected chi connectivity index (χ0v) is 12.6. The minimum absolute atomic E-state index is 0.0164. The van der Waals surface area contributed by atoms with Crippen molar-refractivity contribution in [3.63, 3.8) is 0 Å². The fraction of sp³-hybridized carbons (Fsp3) is 0.562. The number of amides is 1. The quantitative estimate of drug-likeness (QED) is 0.906. The normalized spacial score (nSPS) is 18.5. The van der Waals surface area contributed by atoms with Crippen LogP contribution in [-0.4, -0.2) is 30.9 Å². The SMILES string of the molecule is CN(Cc1ccccc1C(F)(F)F)C(=O)CCC1CCNC1. The second-order valence-corrected chi connectivity index (χ2v) is 5.80. The van der Waals surface area contributed by atoms with Gasteiger partial charge in [-0.15, -0.1) is 0 Å². The van der Waals surface area contributed by atoms with Gasteiger partial charge in [0.15, 0.2) is 0 Å². The number of benzene rings is 1. The number of alkyl halides is 3. The molecule has 0 bridgehead atoms. The third kappa shape index (κ3) is 4.47. The maximum absolute atomic E-state index is 12.9. The Morgan fingerprint density at radius 3 is 2.73 bits per heavy atom. The van der Waals surface area contributed by atoms with Gasteiger partial charge >= 0.3 is 6.18 Å². The monoisotopic (exact) mass is 314 g/mol. The molecule has 1 N–H and O–H groups in total. The standard InChI is InChI=1S/C16H21F3N2O/c1-21(15(22)7-6-12-8-9-20-10-12)11-13-4-2-3-5-14(13)16(17,18)19/h2-5,12,20H,6-11H2,1H3. The maximum Gasteiger partial charge on any atom is 0.416 e. The van der Waals surface area contributed by atoms with Crippen molar-refractivity contribution < 1.29 is 18.0 Å². The number of halogens is 3. The van der Waals surface area contributed by atoms with Gasteiger partial charge in [-0.25, -0.2) is 0 Å². The van der Waals surface area contributed by atoms with Crippen LogP contribution in [0.3, 0.4) is 0 Å². The molecule has 2 rings (SSSR count). The Morgan fingerprint density at radius 2 is 2.09 bits per heavy atom. The van der Waals surface area contributed by atoms with Crippen LogP contribution in [0, 0.1) is 5.92 Å². The topological polar surface area (TPSA) is 32.3 Å². The lowest BCUT2D eigenvalue weighted by Crippen LogP contribution is -2.27. The smallest absolute Gasteiger partial charge is 0.341 e. The Labute approximate surface area is 128 Å². The first-order valence-corrected chi connectivity index (χ1v) is 7.47. The molecule has 0 aliphatic carbocycles. The van der Waals surface area contributed by atoms with Crippen LogP contribution < -0.4 is 5.32 Å². The van der Waals surface area contributed by atoms with Crippen molar-refractivity contribution in [1.82, 2.24) is 10.2 Å². The molecule has 1 atom stereocenters. The van der Waals surface area contributed by atoms with Gasteiger partial charge in [0, 0.05) is 20.0 Å². The fourth-order valence-electron chi connectivity index (χ4n) is 2.76. The van der Waals surface area contributed by atoms with E-state index in [-0.39, 0.29) is 18.0 Å². The average Bonchev–Trinajstić information content (AvgIpc) is 2.97. The number of hydrogen-bond donors (Lipinski definition) is 1. The average molecular weight is 314 g/mol. The number of carbonyl (C=O) groups is 1. The molecule has 122 valence electrons. The lowest BCUT2D eigenvalue weighted by Gasteiger charge is -2.21. The molecule has 1 aliphatic heterocycles. The van der Waals surface area contributed by atoms with Gasteiger partial charge in [-0.3, -0.25) is 4.79 Å². The number of nitrogens with one attached hydrogen (secondary N) is 1. The van der Waals surface area contributed by atoms with E-state index in [1.54, 1.807) is 13.1 Å². The van der Waals surface area contributed by atoms with Crippen LogP contribution in [0.1, 0.15) is 30.4 Å². The summed E-state index contributed by atoms with van der Waals surface area (Å²) in [6, 6.07) is 5.40. The van der Waals surface area contributed by atoms with Gasteiger partial charge in [-0.2, -0.15) is 13.2 Å². The number of nitrogens with zero attached hydrogens (tertiary/aromatic N) is 1. The summed E-state index contributed by atoms with van der Waals surface area (Å²) in [6.45, 7) is 1.89. The highest BCUT2D eigenvalue weighted by Gasteiger charge is 2.33. The van der Waals surface area contributed by atoms with Crippen LogP contribution in [0.4, 0.5) is 13.2 Å². The largest absolute Gasteiger partial charge is 0.416 e. The molecule has 0 radical (unpaired) electrons. The summed E-state index contributed by atoms with van der Waals surface area (Å²) in [4.78, 5) is 13.5. The molecule has 0 saturated carbocycles. The molecule has 1 aliphatic rings. The highest BCUT2D eigenvalue weighted by molar-refractivity contribution is 5.75. The highest BCUT2D eigenvalue weighted by atomic mass is 19.4. The lowest BCUT2D eigenvalue weighted by atomic mass is 10.0. The fourth-order valence-corrected chi connectivity index (χ4v) is 2.76. The first-order chi connectivity index (χ1) is 10.4. The first-order valence-electron chi connectivity index (χ1n) is 7.47. The van der Waals surface area contributed by atoms with Gasteiger partial charge in [0.25, 0.3) is 0 Å². The van der Waals surface area contributed by atoms with E-state index in [4.69, 9.17) is 0 Å². The molecule has 1 unspecified atom stereocenters. The summed E-state index contributed by atoms with van der Waals surface area (Å²) in [7, 11) is 1.56. The summed E-state index contributed by atoms with van der Waals surface area (Å²) in [5.41, 5.74) is -0.539. The molecular weight excluding hydrogens is 293 g/mol. The molecule has 1 heterocycles. The third-order valence-electron chi connectivity index (χ3n) is 4.08. The van der Waals surface area contributed by atoms with E-state index < -0.39 is 11.7 Å². The summed E-state index contributed by atoms with van der Waals surface area (Å²) < 4.78 is 38.8. The predicted octanol–water partition coefficient (Wildman–Crippen LogP) is 3.05. The van der Waals surface area contributed by atoms with Gasteiger partial charge < -0.3 is 10.2 Å². The van der Waals surface area contributed by atoms with Crippen LogP contribution >= 0.6 is 0 Å². The van der Waals surface area contributed by atoms with E-state index >= 15 is 0 Å². The second-order valence-electron chi connectivity index (χ2n) is 5.80. The molecule has 1 aromatic rings. The van der Waals surface area contributed by atoms with E-state index in [0.717, 1.165) is 32.0 Å². The summed E-state index contributed by atoms with van der Waals surface area (Å²) in [6.07, 6.45) is -2.15. The zero-order chi connectivity index (χ0) is 16.2. The number of hydrogen-bond acceptors (Lipinski definition) is 2. The van der Waals surface area contributed by atoms with Crippen molar-refractivity contribution in [1.29, 1.82) is 0 Å². The summed E-state index contributed by atoms with van der Waals surface area (Å²) >= 11 is 0.